The summed E-state index contributed by atoms with van der Waals surface area (Å²) in [6, 6.07) is 16.0. The van der Waals surface area contributed by atoms with Crippen LogP contribution in [0, 0.1) is 5.92 Å². The zero-order valence-electron chi connectivity index (χ0n) is 17.7. The van der Waals surface area contributed by atoms with Gasteiger partial charge in [-0.1, -0.05) is 32.0 Å². The first-order valence-corrected chi connectivity index (χ1v) is 10.3. The Morgan fingerprint density at radius 1 is 1.00 bits per heavy atom. The molecular weight excluding hydrogens is 378 g/mol. The summed E-state index contributed by atoms with van der Waals surface area (Å²) in [5.74, 6) is 0.714. The topological polar surface area (TPSA) is 83.2 Å². The number of ether oxygens (including phenoxy) is 1. The van der Waals surface area contributed by atoms with E-state index in [1.54, 1.807) is 7.11 Å². The summed E-state index contributed by atoms with van der Waals surface area (Å²) in [6.07, 6.45) is 0.999. The molecule has 0 atom stereocenters. The largest absolute Gasteiger partial charge is 0.497 e. The van der Waals surface area contributed by atoms with Gasteiger partial charge in [-0.25, -0.2) is 0 Å². The zero-order valence-corrected chi connectivity index (χ0v) is 17.7. The van der Waals surface area contributed by atoms with Gasteiger partial charge >= 0.3 is 0 Å². The highest BCUT2D eigenvalue weighted by atomic mass is 16.5. The number of nitrogens with one attached hydrogen (secondary N) is 3. The Balaban J connectivity index is 1.67. The van der Waals surface area contributed by atoms with Crippen LogP contribution in [0.2, 0.25) is 0 Å². The fraction of sp³-hybridized carbons (Fsp3) is 0.333. The average molecular weight is 408 g/mol. The Labute approximate surface area is 177 Å². The van der Waals surface area contributed by atoms with Gasteiger partial charge in [0.2, 0.25) is 11.8 Å². The number of fused-ring (bicyclic) bond motifs is 1. The highest BCUT2D eigenvalue weighted by Gasteiger charge is 2.14. The Bertz CT molecular complexity index is 1010. The van der Waals surface area contributed by atoms with Crippen LogP contribution in [0.4, 0.5) is 0 Å². The first-order valence-electron chi connectivity index (χ1n) is 10.3. The van der Waals surface area contributed by atoms with E-state index in [9.17, 15) is 9.59 Å². The first-order chi connectivity index (χ1) is 14.5. The van der Waals surface area contributed by atoms with Gasteiger partial charge in [0.1, 0.15) is 5.75 Å². The van der Waals surface area contributed by atoms with Gasteiger partial charge in [0.25, 0.3) is 0 Å². The molecule has 0 aliphatic heterocycles. The number of carbonyl (C=O) groups excluding carboxylic acids is 2. The second kappa shape index (κ2) is 9.96. The van der Waals surface area contributed by atoms with E-state index in [0.717, 1.165) is 33.5 Å². The molecule has 0 aliphatic carbocycles. The maximum atomic E-state index is 12.3. The summed E-state index contributed by atoms with van der Waals surface area (Å²) in [4.78, 5) is 27.4. The SMILES string of the molecule is COc1ccc(-c2[nH]c3ccccc3c2CCC(=O)NCCNC(=O)C(C)C)cc1. The molecule has 2 aromatic carbocycles. The lowest BCUT2D eigenvalue weighted by Gasteiger charge is -2.09. The number of amides is 2. The minimum Gasteiger partial charge on any atom is -0.497 e. The minimum absolute atomic E-state index is 0.00725. The normalized spacial score (nSPS) is 10.9. The average Bonchev–Trinajstić information content (AvgIpc) is 3.13. The number of hydrogen-bond donors (Lipinski definition) is 3. The Kier molecular flexibility index (Phi) is 7.12. The Morgan fingerprint density at radius 2 is 1.70 bits per heavy atom. The van der Waals surface area contributed by atoms with Crippen molar-refractivity contribution in [3.8, 4) is 17.0 Å². The van der Waals surface area contributed by atoms with Crippen LogP contribution < -0.4 is 15.4 Å². The van der Waals surface area contributed by atoms with E-state index >= 15 is 0 Å². The number of aromatic amines is 1. The summed E-state index contributed by atoms with van der Waals surface area (Å²) in [5, 5.41) is 6.81. The first kappa shape index (κ1) is 21.4. The minimum atomic E-state index is -0.0565. The van der Waals surface area contributed by atoms with Crippen molar-refractivity contribution >= 4 is 22.7 Å². The third-order valence-electron chi connectivity index (χ3n) is 5.07. The van der Waals surface area contributed by atoms with Crippen molar-refractivity contribution in [3.63, 3.8) is 0 Å². The second-order valence-electron chi connectivity index (χ2n) is 7.55. The standard InChI is InChI=1S/C24H29N3O3/c1-16(2)24(29)26-15-14-25-22(28)13-12-20-19-6-4-5-7-21(19)27-23(20)17-8-10-18(30-3)11-9-17/h4-11,16,27H,12-15H2,1-3H3,(H,25,28)(H,26,29). The molecule has 3 rings (SSSR count). The summed E-state index contributed by atoms with van der Waals surface area (Å²) >= 11 is 0. The fourth-order valence-corrected chi connectivity index (χ4v) is 3.38. The molecule has 6 nitrogen and oxygen atoms in total. The van der Waals surface area contributed by atoms with E-state index in [-0.39, 0.29) is 17.7 Å². The highest BCUT2D eigenvalue weighted by Crippen LogP contribution is 2.32. The number of benzene rings is 2. The van der Waals surface area contributed by atoms with Crippen LogP contribution in [0.5, 0.6) is 5.75 Å². The van der Waals surface area contributed by atoms with Crippen molar-refractivity contribution in [2.24, 2.45) is 5.92 Å². The van der Waals surface area contributed by atoms with E-state index in [0.29, 0.717) is 25.9 Å². The van der Waals surface area contributed by atoms with Crippen molar-refractivity contribution in [2.45, 2.75) is 26.7 Å². The Hall–Kier alpha value is -3.28. The van der Waals surface area contributed by atoms with Crippen molar-refractivity contribution in [2.75, 3.05) is 20.2 Å². The van der Waals surface area contributed by atoms with Crippen LogP contribution in [0.15, 0.2) is 48.5 Å². The molecule has 0 radical (unpaired) electrons. The summed E-state index contributed by atoms with van der Waals surface area (Å²) in [6.45, 7) is 4.55. The molecule has 6 heteroatoms. The van der Waals surface area contributed by atoms with Gasteiger partial charge in [-0.2, -0.15) is 0 Å². The monoisotopic (exact) mass is 407 g/mol. The molecule has 0 saturated carbocycles. The lowest BCUT2D eigenvalue weighted by molar-refractivity contribution is -0.124. The molecule has 3 aromatic rings. The molecule has 158 valence electrons. The van der Waals surface area contributed by atoms with Gasteiger partial charge in [0.05, 0.1) is 7.11 Å². The van der Waals surface area contributed by atoms with Gasteiger partial charge in [0.15, 0.2) is 0 Å². The van der Waals surface area contributed by atoms with Crippen molar-refractivity contribution in [1.29, 1.82) is 0 Å². The molecule has 1 heterocycles. The summed E-state index contributed by atoms with van der Waals surface area (Å²) < 4.78 is 5.26. The van der Waals surface area contributed by atoms with Crippen molar-refractivity contribution in [1.82, 2.24) is 15.6 Å². The van der Waals surface area contributed by atoms with Crippen LogP contribution in [0.3, 0.4) is 0 Å². The van der Waals surface area contributed by atoms with E-state index in [2.05, 4.69) is 21.7 Å². The maximum absolute atomic E-state index is 12.3. The maximum Gasteiger partial charge on any atom is 0.222 e. The molecule has 0 saturated heterocycles. The molecular formula is C24H29N3O3. The molecule has 3 N–H and O–H groups in total. The number of H-pyrrole nitrogens is 1. The molecule has 0 fully saturated rings. The molecule has 0 unspecified atom stereocenters. The van der Waals surface area contributed by atoms with Gasteiger partial charge < -0.3 is 20.4 Å². The third kappa shape index (κ3) is 5.20. The number of carbonyl (C=O) groups is 2. The van der Waals surface area contributed by atoms with E-state index in [1.807, 2.05) is 56.3 Å². The number of aryl methyl sites for hydroxylation is 1. The lowest BCUT2D eigenvalue weighted by atomic mass is 10.0. The summed E-state index contributed by atoms with van der Waals surface area (Å²) in [5.41, 5.74) is 4.25. The second-order valence-corrected chi connectivity index (χ2v) is 7.55. The van der Waals surface area contributed by atoms with E-state index in [1.165, 1.54) is 0 Å². The van der Waals surface area contributed by atoms with Crippen LogP contribution in [0.25, 0.3) is 22.2 Å². The van der Waals surface area contributed by atoms with Gasteiger partial charge in [-0.05, 0) is 47.9 Å². The smallest absolute Gasteiger partial charge is 0.222 e. The predicted molar refractivity (Wildman–Crippen MR) is 119 cm³/mol. The van der Waals surface area contributed by atoms with Gasteiger partial charge in [0, 0.05) is 42.0 Å². The molecule has 2 amide bonds. The number of rotatable bonds is 9. The fourth-order valence-electron chi connectivity index (χ4n) is 3.38. The van der Waals surface area contributed by atoms with Crippen LogP contribution in [0.1, 0.15) is 25.8 Å². The third-order valence-corrected chi connectivity index (χ3v) is 5.07. The molecule has 0 aliphatic rings. The highest BCUT2D eigenvalue weighted by molar-refractivity contribution is 5.91. The molecule has 0 bridgehead atoms. The zero-order chi connectivity index (χ0) is 21.5. The van der Waals surface area contributed by atoms with Gasteiger partial charge in [-0.3, -0.25) is 9.59 Å². The van der Waals surface area contributed by atoms with Crippen LogP contribution >= 0.6 is 0 Å². The lowest BCUT2D eigenvalue weighted by Crippen LogP contribution is -2.36. The molecule has 30 heavy (non-hydrogen) atoms. The van der Waals surface area contributed by atoms with Crippen molar-refractivity contribution in [3.05, 3.63) is 54.1 Å². The van der Waals surface area contributed by atoms with Gasteiger partial charge in [-0.15, -0.1) is 0 Å². The summed E-state index contributed by atoms with van der Waals surface area (Å²) in [7, 11) is 1.65. The van der Waals surface area contributed by atoms with Crippen molar-refractivity contribution < 1.29 is 14.3 Å². The van der Waals surface area contributed by atoms with E-state index < -0.39 is 0 Å². The van der Waals surface area contributed by atoms with Crippen LogP contribution in [-0.4, -0.2) is 37.0 Å². The molecule has 0 spiro atoms. The quantitative estimate of drug-likeness (QED) is 0.473. The number of hydrogen-bond acceptors (Lipinski definition) is 3. The van der Waals surface area contributed by atoms with Crippen LogP contribution in [-0.2, 0) is 16.0 Å². The number of methoxy groups -OCH3 is 1. The number of aromatic nitrogens is 1. The number of para-hydroxylation sites is 1. The Morgan fingerprint density at radius 3 is 2.40 bits per heavy atom. The molecule has 1 aromatic heterocycles. The van der Waals surface area contributed by atoms with E-state index in [4.69, 9.17) is 4.74 Å². The predicted octanol–water partition coefficient (Wildman–Crippen LogP) is 3.66.